The molecule has 0 radical (unpaired) electrons. The van der Waals surface area contributed by atoms with E-state index in [-0.39, 0.29) is 11.9 Å². The molecule has 1 aliphatic rings. The monoisotopic (exact) mass is 390 g/mol. The maximum absolute atomic E-state index is 12.1. The Hall–Kier alpha value is -0.860. The fourth-order valence-electron chi connectivity index (χ4n) is 2.94. The van der Waals surface area contributed by atoms with Crippen LogP contribution in [-0.4, -0.2) is 59.0 Å². The van der Waals surface area contributed by atoms with E-state index in [1.165, 1.54) is 25.7 Å². The smallest absolute Gasteiger partial charge is 0.213 e. The molecule has 0 aromatic heterocycles. The van der Waals surface area contributed by atoms with Gasteiger partial charge < -0.3 is 15.4 Å². The highest BCUT2D eigenvalue weighted by atomic mass is 32.2. The lowest BCUT2D eigenvalue weighted by Gasteiger charge is -2.22. The molecule has 0 spiro atoms. The van der Waals surface area contributed by atoms with E-state index in [2.05, 4.69) is 34.2 Å². The first-order valence-corrected chi connectivity index (χ1v) is 11.7. The second-order valence-electron chi connectivity index (χ2n) is 7.05. The van der Waals surface area contributed by atoms with Crippen molar-refractivity contribution in [2.75, 3.05) is 32.5 Å². The van der Waals surface area contributed by atoms with Crippen LogP contribution in [0.4, 0.5) is 0 Å². The topological polar surface area (TPSA) is 91.8 Å². The summed E-state index contributed by atoms with van der Waals surface area (Å²) in [5, 5.41) is 6.40. The molecule has 3 N–H and O–H groups in total. The van der Waals surface area contributed by atoms with Gasteiger partial charge in [-0.25, -0.2) is 13.1 Å². The summed E-state index contributed by atoms with van der Waals surface area (Å²) in [6, 6.07) is 0.316. The van der Waals surface area contributed by atoms with Crippen molar-refractivity contribution >= 4 is 16.0 Å². The lowest BCUT2D eigenvalue weighted by Crippen LogP contribution is -2.45. The van der Waals surface area contributed by atoms with Gasteiger partial charge in [-0.2, -0.15) is 0 Å². The van der Waals surface area contributed by atoms with Crippen molar-refractivity contribution in [2.45, 2.75) is 77.4 Å². The minimum absolute atomic E-state index is 0.00877. The zero-order valence-corrected chi connectivity index (χ0v) is 17.5. The van der Waals surface area contributed by atoms with E-state index in [9.17, 15) is 8.42 Å². The summed E-state index contributed by atoms with van der Waals surface area (Å²) in [6.07, 6.45) is 9.15. The van der Waals surface area contributed by atoms with Crippen molar-refractivity contribution in [2.24, 2.45) is 4.99 Å². The van der Waals surface area contributed by atoms with Crippen molar-refractivity contribution in [3.63, 3.8) is 0 Å². The molecule has 1 fully saturated rings. The Balaban J connectivity index is 2.21. The van der Waals surface area contributed by atoms with E-state index in [1.807, 2.05) is 0 Å². The van der Waals surface area contributed by atoms with Gasteiger partial charge in [0.05, 0.1) is 11.9 Å². The first-order valence-electron chi connectivity index (χ1n) is 10.0. The van der Waals surface area contributed by atoms with Crippen LogP contribution in [0.2, 0.25) is 0 Å². The molecule has 1 rings (SSSR count). The Morgan fingerprint density at radius 3 is 2.73 bits per heavy atom. The van der Waals surface area contributed by atoms with E-state index in [4.69, 9.17) is 4.74 Å². The number of aliphatic imine (C=N–C) groups is 1. The minimum atomic E-state index is -3.31. The SMILES string of the molecule is CCCCCCC(C)NC(=NC)NCCS(=O)(=O)NCC1CCCCO1. The number of nitrogens with zero attached hydrogens (tertiary/aromatic N) is 1. The van der Waals surface area contributed by atoms with Crippen LogP contribution < -0.4 is 15.4 Å². The second kappa shape index (κ2) is 13.3. The largest absolute Gasteiger partial charge is 0.377 e. The average Bonchev–Trinajstić information content (AvgIpc) is 2.63. The third kappa shape index (κ3) is 11.0. The van der Waals surface area contributed by atoms with Gasteiger partial charge in [0.1, 0.15) is 0 Å². The molecular weight excluding hydrogens is 352 g/mol. The number of nitrogens with one attached hydrogen (secondary N) is 3. The predicted octanol–water partition coefficient (Wildman–Crippen LogP) is 2.00. The van der Waals surface area contributed by atoms with Crippen LogP contribution in [0.5, 0.6) is 0 Å². The van der Waals surface area contributed by atoms with Crippen LogP contribution in [0.25, 0.3) is 0 Å². The van der Waals surface area contributed by atoms with Crippen LogP contribution in [-0.2, 0) is 14.8 Å². The summed E-state index contributed by atoms with van der Waals surface area (Å²) in [7, 11) is -1.61. The lowest BCUT2D eigenvalue weighted by molar-refractivity contribution is 0.0200. The summed E-state index contributed by atoms with van der Waals surface area (Å²) in [5.41, 5.74) is 0. The minimum Gasteiger partial charge on any atom is -0.377 e. The Morgan fingerprint density at radius 2 is 2.08 bits per heavy atom. The molecule has 0 amide bonds. The molecule has 0 aliphatic carbocycles. The number of hydrogen-bond donors (Lipinski definition) is 3. The van der Waals surface area contributed by atoms with Crippen molar-refractivity contribution in [1.29, 1.82) is 0 Å². The van der Waals surface area contributed by atoms with Gasteiger partial charge in [-0.1, -0.05) is 32.6 Å². The molecule has 8 heteroatoms. The first-order chi connectivity index (χ1) is 12.5. The van der Waals surface area contributed by atoms with E-state index in [1.54, 1.807) is 7.05 Å². The molecule has 154 valence electrons. The van der Waals surface area contributed by atoms with Gasteiger partial charge in [0, 0.05) is 32.8 Å². The van der Waals surface area contributed by atoms with Gasteiger partial charge in [0.2, 0.25) is 10.0 Å². The molecular formula is C18H38N4O3S. The number of unbranched alkanes of at least 4 members (excludes halogenated alkanes) is 3. The second-order valence-corrected chi connectivity index (χ2v) is 8.98. The van der Waals surface area contributed by atoms with Gasteiger partial charge in [-0.15, -0.1) is 0 Å². The van der Waals surface area contributed by atoms with Crippen LogP contribution in [0.1, 0.15) is 65.2 Å². The van der Waals surface area contributed by atoms with Gasteiger partial charge in [0.25, 0.3) is 0 Å². The quantitative estimate of drug-likeness (QED) is 0.269. The molecule has 0 aromatic rings. The van der Waals surface area contributed by atoms with Gasteiger partial charge in [0.15, 0.2) is 5.96 Å². The highest BCUT2D eigenvalue weighted by Crippen LogP contribution is 2.11. The van der Waals surface area contributed by atoms with E-state index in [0.29, 0.717) is 25.1 Å². The lowest BCUT2D eigenvalue weighted by atomic mass is 10.1. The molecule has 1 aliphatic heterocycles. The Labute approximate surface area is 159 Å². The standard InChI is InChI=1S/C18H38N4O3S/c1-4-5-6-7-10-16(2)22-18(19-3)20-12-14-26(23,24)21-15-17-11-8-9-13-25-17/h16-17,21H,4-15H2,1-3H3,(H2,19,20,22). The predicted molar refractivity (Wildman–Crippen MR) is 108 cm³/mol. The molecule has 0 aromatic carbocycles. The van der Waals surface area contributed by atoms with Gasteiger partial charge in [-0.3, -0.25) is 4.99 Å². The summed E-state index contributed by atoms with van der Waals surface area (Å²) < 4.78 is 32.4. The van der Waals surface area contributed by atoms with E-state index >= 15 is 0 Å². The highest BCUT2D eigenvalue weighted by Gasteiger charge is 2.17. The van der Waals surface area contributed by atoms with Crippen LogP contribution in [0, 0.1) is 0 Å². The normalized spacial score (nSPS) is 20.0. The van der Waals surface area contributed by atoms with Crippen LogP contribution in [0.15, 0.2) is 4.99 Å². The van der Waals surface area contributed by atoms with Gasteiger partial charge >= 0.3 is 0 Å². The van der Waals surface area contributed by atoms with Crippen LogP contribution >= 0.6 is 0 Å². The van der Waals surface area contributed by atoms with Crippen molar-refractivity contribution in [1.82, 2.24) is 15.4 Å². The molecule has 1 heterocycles. The Bertz CT molecular complexity index is 491. The number of guanidine groups is 1. The molecule has 1 saturated heterocycles. The molecule has 0 saturated carbocycles. The fraction of sp³-hybridized carbons (Fsp3) is 0.944. The zero-order chi connectivity index (χ0) is 19.3. The molecule has 7 nitrogen and oxygen atoms in total. The van der Waals surface area contributed by atoms with Crippen molar-refractivity contribution < 1.29 is 13.2 Å². The molecule has 2 unspecified atom stereocenters. The summed E-state index contributed by atoms with van der Waals surface area (Å²) in [6.45, 7) is 5.75. The number of ether oxygens (including phenoxy) is 1. The number of rotatable bonds is 12. The molecule has 26 heavy (non-hydrogen) atoms. The summed E-state index contributed by atoms with van der Waals surface area (Å²) in [4.78, 5) is 4.17. The van der Waals surface area contributed by atoms with Crippen molar-refractivity contribution in [3.05, 3.63) is 0 Å². The van der Waals surface area contributed by atoms with E-state index in [0.717, 1.165) is 32.3 Å². The summed E-state index contributed by atoms with van der Waals surface area (Å²) >= 11 is 0. The van der Waals surface area contributed by atoms with E-state index < -0.39 is 10.0 Å². The Morgan fingerprint density at radius 1 is 1.27 bits per heavy atom. The first kappa shape index (κ1) is 23.2. The number of sulfonamides is 1. The highest BCUT2D eigenvalue weighted by molar-refractivity contribution is 7.89. The maximum atomic E-state index is 12.1. The maximum Gasteiger partial charge on any atom is 0.213 e. The van der Waals surface area contributed by atoms with Gasteiger partial charge in [-0.05, 0) is 32.6 Å². The third-order valence-corrected chi connectivity index (χ3v) is 5.91. The van der Waals surface area contributed by atoms with Crippen LogP contribution in [0.3, 0.4) is 0 Å². The zero-order valence-electron chi connectivity index (χ0n) is 16.7. The fourth-order valence-corrected chi connectivity index (χ4v) is 3.90. The average molecular weight is 391 g/mol. The molecule has 0 bridgehead atoms. The summed E-state index contributed by atoms with van der Waals surface area (Å²) in [5.74, 6) is 0.671. The molecule has 2 atom stereocenters. The number of hydrogen-bond acceptors (Lipinski definition) is 4. The Kier molecular flexibility index (Phi) is 11.9. The van der Waals surface area contributed by atoms with Crippen molar-refractivity contribution in [3.8, 4) is 0 Å². The third-order valence-electron chi connectivity index (χ3n) is 4.57.